The van der Waals surface area contributed by atoms with E-state index >= 15 is 0 Å². The molecule has 7 atom stereocenters. The van der Waals surface area contributed by atoms with E-state index in [9.17, 15) is 27.6 Å². The minimum atomic E-state index is -3.91. The van der Waals surface area contributed by atoms with E-state index in [2.05, 4.69) is 21.9 Å². The molecule has 2 aromatic rings. The van der Waals surface area contributed by atoms with Crippen LogP contribution in [0.25, 0.3) is 10.9 Å². The Kier molecular flexibility index (Phi) is 11.6. The summed E-state index contributed by atoms with van der Waals surface area (Å²) in [6.45, 7) is 3.89. The highest BCUT2D eigenvalue weighted by molar-refractivity contribution is 7.91. The summed E-state index contributed by atoms with van der Waals surface area (Å²) in [5.74, 6) is -1.22. The van der Waals surface area contributed by atoms with Crippen LogP contribution in [0.15, 0.2) is 36.9 Å². The summed E-state index contributed by atoms with van der Waals surface area (Å²) in [5.41, 5.74) is -0.0559. The number of aromatic nitrogens is 1. The Morgan fingerprint density at radius 3 is 2.43 bits per heavy atom. The third-order valence-corrected chi connectivity index (χ3v) is 15.5. The fraction of sp³-hybridized carbons (Fsp3) is 0.651. The number of carbonyl (C=O) groups is 4. The number of hydrogen-bond acceptors (Lipinski definition) is 10. The molecule has 314 valence electrons. The Balaban J connectivity index is 1.15. The Labute approximate surface area is 340 Å². The van der Waals surface area contributed by atoms with Crippen molar-refractivity contribution < 1.29 is 41.8 Å². The fourth-order valence-electron chi connectivity index (χ4n) is 10.2. The van der Waals surface area contributed by atoms with E-state index < -0.39 is 68.7 Å². The van der Waals surface area contributed by atoms with Crippen LogP contribution in [0, 0.1) is 17.8 Å². The minimum Gasteiger partial charge on any atom is -0.496 e. The van der Waals surface area contributed by atoms with Crippen molar-refractivity contribution in [2.75, 3.05) is 13.7 Å². The number of nitrogens with one attached hydrogen (secondary N) is 3. The molecular weight excluding hydrogens is 763 g/mol. The summed E-state index contributed by atoms with van der Waals surface area (Å²) >= 11 is 0. The Morgan fingerprint density at radius 2 is 1.71 bits per heavy atom. The topological polar surface area (TPSA) is 182 Å². The molecule has 3 heterocycles. The molecule has 8 rings (SSSR count). The molecule has 0 radical (unpaired) electrons. The molecule has 15 heteroatoms. The van der Waals surface area contributed by atoms with Crippen molar-refractivity contribution in [1.29, 1.82) is 0 Å². The molecule has 4 amide bonds. The lowest BCUT2D eigenvalue weighted by Gasteiger charge is -2.47. The first-order valence-corrected chi connectivity index (χ1v) is 23.0. The third-order valence-electron chi connectivity index (χ3n) is 13.7. The van der Waals surface area contributed by atoms with Crippen LogP contribution < -0.4 is 24.8 Å². The molecule has 4 saturated carbocycles. The van der Waals surface area contributed by atoms with Crippen LogP contribution in [0.5, 0.6) is 11.6 Å². The zero-order valence-electron chi connectivity index (χ0n) is 33.4. The van der Waals surface area contributed by atoms with Gasteiger partial charge in [0.2, 0.25) is 27.7 Å². The quantitative estimate of drug-likeness (QED) is 0.299. The van der Waals surface area contributed by atoms with Crippen LogP contribution in [0.2, 0.25) is 0 Å². The van der Waals surface area contributed by atoms with Crippen molar-refractivity contribution in [3.05, 3.63) is 42.5 Å². The number of pyridine rings is 1. The summed E-state index contributed by atoms with van der Waals surface area (Å²) in [6, 6.07) is 5.65. The average molecular weight is 820 g/mol. The normalized spacial score (nSPS) is 31.0. The highest BCUT2D eigenvalue weighted by Gasteiger charge is 2.56. The molecule has 6 aliphatic rings. The van der Waals surface area contributed by atoms with Crippen LogP contribution in [0.1, 0.15) is 108 Å². The first kappa shape index (κ1) is 40.4. The predicted octanol–water partition coefficient (Wildman–Crippen LogP) is 5.22. The standard InChI is InChI=1S/C43H57N5O9S/c1-3-28-22-23-43(28,41(51)47-58(53,54)30-20-21-30)46-38(49)34-24-29-25-48(34)40(50)36(27-13-7-8-14-27)45-42(52)57-35-19-11-15-26(35)12-5-4-6-17-32-37(55-2)31-16-9-10-18-33(31)44-39(32)56-29/h3,9-10,16,18,26-30,34-36H,1,4-8,11-15,17,19-25H2,2H3,(H,45,52)(H,46,49)(H,47,51)/t26-,28-,29-,34+,35-,36+,43-/m1/s1. The lowest BCUT2D eigenvalue weighted by Crippen LogP contribution is -2.70. The van der Waals surface area contributed by atoms with Gasteiger partial charge in [-0.2, -0.15) is 0 Å². The van der Waals surface area contributed by atoms with E-state index in [0.717, 1.165) is 81.6 Å². The molecule has 1 saturated heterocycles. The Bertz CT molecular complexity index is 2030. The molecule has 1 aromatic heterocycles. The molecule has 14 nitrogen and oxygen atoms in total. The summed E-state index contributed by atoms with van der Waals surface area (Å²) in [5, 5.41) is 6.13. The van der Waals surface area contributed by atoms with E-state index in [0.29, 0.717) is 42.8 Å². The second-order valence-corrected chi connectivity index (χ2v) is 19.3. The van der Waals surface area contributed by atoms with Gasteiger partial charge in [0.05, 0.1) is 30.0 Å². The van der Waals surface area contributed by atoms with Gasteiger partial charge in [-0.1, -0.05) is 43.9 Å². The zero-order chi connectivity index (χ0) is 40.6. The van der Waals surface area contributed by atoms with E-state index in [1.807, 2.05) is 24.3 Å². The lowest BCUT2D eigenvalue weighted by atomic mass is 9.66. The number of benzene rings is 1. The maximum Gasteiger partial charge on any atom is 0.408 e. The van der Waals surface area contributed by atoms with Crippen molar-refractivity contribution in [2.45, 2.75) is 144 Å². The van der Waals surface area contributed by atoms with Crippen molar-refractivity contribution >= 4 is 44.7 Å². The van der Waals surface area contributed by atoms with E-state index in [-0.39, 0.29) is 37.3 Å². The maximum absolute atomic E-state index is 15.0. The van der Waals surface area contributed by atoms with Crippen LogP contribution in [-0.2, 0) is 35.6 Å². The van der Waals surface area contributed by atoms with Crippen molar-refractivity contribution in [3.63, 3.8) is 0 Å². The molecule has 2 bridgehead atoms. The van der Waals surface area contributed by atoms with E-state index in [4.69, 9.17) is 19.2 Å². The van der Waals surface area contributed by atoms with Crippen molar-refractivity contribution in [2.24, 2.45) is 17.8 Å². The van der Waals surface area contributed by atoms with E-state index in [1.54, 1.807) is 13.2 Å². The highest BCUT2D eigenvalue weighted by Crippen LogP contribution is 2.42. The molecule has 4 aliphatic carbocycles. The molecule has 58 heavy (non-hydrogen) atoms. The van der Waals surface area contributed by atoms with Crippen LogP contribution >= 0.6 is 0 Å². The van der Waals surface area contributed by atoms with Gasteiger partial charge in [-0.15, -0.1) is 6.58 Å². The van der Waals surface area contributed by atoms with E-state index in [1.165, 1.54) is 4.90 Å². The van der Waals surface area contributed by atoms with Crippen molar-refractivity contribution in [3.8, 4) is 11.6 Å². The molecule has 3 N–H and O–H groups in total. The van der Waals surface area contributed by atoms with Gasteiger partial charge in [0.1, 0.15) is 35.6 Å². The molecule has 5 fully saturated rings. The van der Waals surface area contributed by atoms with Gasteiger partial charge in [0.25, 0.3) is 5.91 Å². The van der Waals surface area contributed by atoms with Gasteiger partial charge in [-0.05, 0) is 101 Å². The molecule has 2 aliphatic heterocycles. The summed E-state index contributed by atoms with van der Waals surface area (Å²) < 4.78 is 47.0. The molecule has 0 unspecified atom stereocenters. The Morgan fingerprint density at radius 1 is 0.966 bits per heavy atom. The number of alkyl carbamates (subject to hydrolysis) is 1. The SMILES string of the molecule is C=C[C@@H]1CC[C@]1(NC(=O)[C@@H]1C[C@@H]2CN1C(=O)[C@H](C1CCCC1)NC(=O)O[C@@H]1CCC[C@H]1CCCCCc1c(nc3ccccc3c1OC)O2)C(=O)NS(=O)(=O)C1CC1. The average Bonchev–Trinajstić information content (AvgIpc) is 3.53. The third kappa shape index (κ3) is 7.99. The first-order valence-electron chi connectivity index (χ1n) is 21.4. The van der Waals surface area contributed by atoms with Crippen molar-refractivity contribution in [1.82, 2.24) is 25.2 Å². The van der Waals surface area contributed by atoms with Gasteiger partial charge < -0.3 is 29.7 Å². The number of amides is 4. The predicted molar refractivity (Wildman–Crippen MR) is 215 cm³/mol. The Hall–Kier alpha value is -4.40. The number of nitrogens with zero attached hydrogens (tertiary/aromatic N) is 2. The summed E-state index contributed by atoms with van der Waals surface area (Å²) in [6.07, 6.45) is 12.1. The summed E-state index contributed by atoms with van der Waals surface area (Å²) in [4.78, 5) is 63.6. The monoisotopic (exact) mass is 819 g/mol. The number of carbonyl (C=O) groups excluding carboxylic acids is 4. The van der Waals surface area contributed by atoms with Gasteiger partial charge >= 0.3 is 6.09 Å². The number of hydrogen-bond donors (Lipinski definition) is 3. The van der Waals surface area contributed by atoms with Crippen LogP contribution in [-0.4, -0.2) is 90.9 Å². The smallest absolute Gasteiger partial charge is 0.408 e. The summed E-state index contributed by atoms with van der Waals surface area (Å²) in [7, 11) is -2.27. The molecular formula is C43H57N5O9S. The lowest BCUT2D eigenvalue weighted by molar-refractivity contribution is -0.145. The largest absolute Gasteiger partial charge is 0.496 e. The van der Waals surface area contributed by atoms with Gasteiger partial charge in [0, 0.05) is 17.7 Å². The molecule has 1 aromatic carbocycles. The molecule has 0 spiro atoms. The van der Waals surface area contributed by atoms with Crippen LogP contribution in [0.4, 0.5) is 4.79 Å². The number of methoxy groups -OCH3 is 1. The number of para-hydroxylation sites is 1. The second kappa shape index (κ2) is 16.7. The number of ether oxygens (including phenoxy) is 3. The maximum atomic E-state index is 15.0. The fourth-order valence-corrected chi connectivity index (χ4v) is 11.6. The van der Waals surface area contributed by atoms with Gasteiger partial charge in [-0.25, -0.2) is 18.2 Å². The van der Waals surface area contributed by atoms with Gasteiger partial charge in [0.15, 0.2) is 0 Å². The van der Waals surface area contributed by atoms with Gasteiger partial charge in [-0.3, -0.25) is 19.1 Å². The highest BCUT2D eigenvalue weighted by atomic mass is 32.2. The number of fused-ring (bicyclic) bond motifs is 5. The zero-order valence-corrected chi connectivity index (χ0v) is 34.2. The first-order chi connectivity index (χ1) is 28.0. The number of sulfonamides is 1. The second-order valence-electron chi connectivity index (χ2n) is 17.3. The number of rotatable bonds is 8. The van der Waals surface area contributed by atoms with Crippen LogP contribution in [0.3, 0.4) is 0 Å². The minimum absolute atomic E-state index is 0.0119.